The number of H-pyrrole nitrogens is 1. The molecule has 5 rings (SSSR count). The van der Waals surface area contributed by atoms with Crippen molar-refractivity contribution in [2.24, 2.45) is 0 Å². The standard InChI is InChI=1S/C20H19F3N6O2/c21-20(22,23)19-26-25-16-11-27(7-8-28(16)19)18(31)15-5-6-17(30)29(15)10-12-9-24-14-4-2-1-3-13(12)14/h1-4,9,15,24H,5-8,10-11H2. The van der Waals surface area contributed by atoms with E-state index < -0.39 is 18.0 Å². The molecule has 0 bridgehead atoms. The average molecular weight is 432 g/mol. The highest BCUT2D eigenvalue weighted by atomic mass is 19.4. The lowest BCUT2D eigenvalue weighted by Crippen LogP contribution is -2.49. The fourth-order valence-corrected chi connectivity index (χ4v) is 4.40. The van der Waals surface area contributed by atoms with Gasteiger partial charge in [-0.1, -0.05) is 18.2 Å². The van der Waals surface area contributed by atoms with E-state index in [-0.39, 0.29) is 43.7 Å². The minimum absolute atomic E-state index is 0.0357. The molecule has 0 radical (unpaired) electrons. The van der Waals surface area contributed by atoms with E-state index in [4.69, 9.17) is 0 Å². The normalized spacial score (nSPS) is 19.3. The van der Waals surface area contributed by atoms with Crippen molar-refractivity contribution in [3.63, 3.8) is 0 Å². The average Bonchev–Trinajstić information content (AvgIpc) is 3.45. The first kappa shape index (κ1) is 19.6. The Hall–Kier alpha value is -3.37. The SMILES string of the molecule is O=C(C1CCC(=O)N1Cc1c[nH]c2ccccc12)N1CCn2c(nnc2C(F)(F)F)C1. The Labute approximate surface area is 174 Å². The summed E-state index contributed by atoms with van der Waals surface area (Å²) < 4.78 is 40.1. The number of carbonyl (C=O) groups is 2. The van der Waals surface area contributed by atoms with Crippen molar-refractivity contribution in [1.82, 2.24) is 29.5 Å². The summed E-state index contributed by atoms with van der Waals surface area (Å²) in [6, 6.07) is 7.07. The van der Waals surface area contributed by atoms with Crippen LogP contribution in [0.5, 0.6) is 0 Å². The number of fused-ring (bicyclic) bond motifs is 2. The number of rotatable bonds is 3. The molecule has 1 unspecified atom stereocenters. The predicted octanol–water partition coefficient (Wildman–Crippen LogP) is 2.31. The van der Waals surface area contributed by atoms with E-state index in [9.17, 15) is 22.8 Å². The highest BCUT2D eigenvalue weighted by Crippen LogP contribution is 2.31. The fourth-order valence-electron chi connectivity index (χ4n) is 4.40. The molecule has 8 nitrogen and oxygen atoms in total. The van der Waals surface area contributed by atoms with Crippen LogP contribution in [0.25, 0.3) is 10.9 Å². The van der Waals surface area contributed by atoms with Crippen LogP contribution in [0.15, 0.2) is 30.5 Å². The van der Waals surface area contributed by atoms with Gasteiger partial charge < -0.3 is 19.4 Å². The summed E-state index contributed by atoms with van der Waals surface area (Å²) in [6.07, 6.45) is -2.11. The molecule has 2 aliphatic rings. The van der Waals surface area contributed by atoms with E-state index in [0.29, 0.717) is 13.0 Å². The first-order valence-corrected chi connectivity index (χ1v) is 9.95. The van der Waals surface area contributed by atoms with E-state index in [2.05, 4.69) is 15.2 Å². The van der Waals surface area contributed by atoms with Gasteiger partial charge in [-0.15, -0.1) is 10.2 Å². The van der Waals surface area contributed by atoms with Crippen LogP contribution in [0.2, 0.25) is 0 Å². The largest absolute Gasteiger partial charge is 0.451 e. The van der Waals surface area contributed by atoms with Crippen molar-refractivity contribution < 1.29 is 22.8 Å². The maximum Gasteiger partial charge on any atom is 0.451 e. The highest BCUT2D eigenvalue weighted by molar-refractivity contribution is 5.91. The summed E-state index contributed by atoms with van der Waals surface area (Å²) in [5.74, 6) is -1.33. The molecule has 2 amide bonds. The van der Waals surface area contributed by atoms with E-state index >= 15 is 0 Å². The van der Waals surface area contributed by atoms with Crippen LogP contribution in [-0.2, 0) is 35.4 Å². The molecule has 2 aliphatic heterocycles. The Morgan fingerprint density at radius 2 is 2.00 bits per heavy atom. The molecule has 1 atom stereocenters. The third-order valence-electron chi connectivity index (χ3n) is 5.95. The van der Waals surface area contributed by atoms with Gasteiger partial charge in [0, 0.05) is 43.2 Å². The summed E-state index contributed by atoms with van der Waals surface area (Å²) in [6.45, 7) is 0.305. The van der Waals surface area contributed by atoms with Crippen molar-refractivity contribution >= 4 is 22.7 Å². The smallest absolute Gasteiger partial charge is 0.361 e. The van der Waals surface area contributed by atoms with Crippen molar-refractivity contribution in [2.45, 2.75) is 44.7 Å². The number of nitrogens with one attached hydrogen (secondary N) is 1. The number of amides is 2. The fraction of sp³-hybridized carbons (Fsp3) is 0.400. The Balaban J connectivity index is 1.35. The Bertz CT molecular complexity index is 1170. The molecule has 3 aromatic rings. The molecule has 4 heterocycles. The molecule has 1 N–H and O–H groups in total. The molecule has 0 saturated carbocycles. The van der Waals surface area contributed by atoms with E-state index in [1.165, 1.54) is 4.90 Å². The van der Waals surface area contributed by atoms with Crippen molar-refractivity contribution in [2.75, 3.05) is 6.54 Å². The van der Waals surface area contributed by atoms with Crippen molar-refractivity contribution in [3.05, 3.63) is 47.7 Å². The number of benzene rings is 1. The zero-order valence-corrected chi connectivity index (χ0v) is 16.4. The van der Waals surface area contributed by atoms with Gasteiger partial charge in [0.2, 0.25) is 17.6 Å². The lowest BCUT2D eigenvalue weighted by Gasteiger charge is -2.33. The van der Waals surface area contributed by atoms with E-state index in [1.807, 2.05) is 30.5 Å². The minimum Gasteiger partial charge on any atom is -0.361 e. The van der Waals surface area contributed by atoms with Crippen LogP contribution in [0.3, 0.4) is 0 Å². The summed E-state index contributed by atoms with van der Waals surface area (Å²) in [7, 11) is 0. The van der Waals surface area contributed by atoms with Gasteiger partial charge in [0.15, 0.2) is 5.82 Å². The molecule has 1 fully saturated rings. The maximum absolute atomic E-state index is 13.2. The summed E-state index contributed by atoms with van der Waals surface area (Å²) >= 11 is 0. The molecular formula is C20H19F3N6O2. The van der Waals surface area contributed by atoms with E-state index in [0.717, 1.165) is 21.0 Å². The van der Waals surface area contributed by atoms with Crippen LogP contribution in [0.1, 0.15) is 30.1 Å². The number of para-hydroxylation sites is 1. The number of aromatic amines is 1. The lowest BCUT2D eigenvalue weighted by molar-refractivity contribution is -0.149. The molecule has 11 heteroatoms. The second kappa shape index (κ2) is 7.10. The summed E-state index contributed by atoms with van der Waals surface area (Å²) in [5.41, 5.74) is 1.86. The number of hydrogen-bond acceptors (Lipinski definition) is 4. The number of carbonyl (C=O) groups excluding carboxylic acids is 2. The molecule has 0 aliphatic carbocycles. The van der Waals surface area contributed by atoms with Crippen molar-refractivity contribution in [1.29, 1.82) is 0 Å². The third kappa shape index (κ3) is 3.33. The third-order valence-corrected chi connectivity index (χ3v) is 5.95. The number of aromatic nitrogens is 4. The maximum atomic E-state index is 13.2. The number of nitrogens with zero attached hydrogens (tertiary/aromatic N) is 5. The van der Waals surface area contributed by atoms with Gasteiger partial charge in [-0.05, 0) is 18.1 Å². The Morgan fingerprint density at radius 1 is 1.19 bits per heavy atom. The van der Waals surface area contributed by atoms with Gasteiger partial charge in [0.1, 0.15) is 6.04 Å². The molecule has 1 aromatic carbocycles. The van der Waals surface area contributed by atoms with Crippen LogP contribution < -0.4 is 0 Å². The number of alkyl halides is 3. The number of hydrogen-bond donors (Lipinski definition) is 1. The van der Waals surface area contributed by atoms with Crippen molar-refractivity contribution in [3.8, 4) is 0 Å². The first-order valence-electron chi connectivity index (χ1n) is 9.95. The molecule has 162 valence electrons. The Kier molecular flexibility index (Phi) is 4.49. The second-order valence-corrected chi connectivity index (χ2v) is 7.78. The van der Waals surface area contributed by atoms with Gasteiger partial charge in [-0.25, -0.2) is 0 Å². The molecule has 31 heavy (non-hydrogen) atoms. The molecule has 2 aromatic heterocycles. The molecule has 1 saturated heterocycles. The zero-order chi connectivity index (χ0) is 21.8. The topological polar surface area (TPSA) is 87.1 Å². The monoisotopic (exact) mass is 432 g/mol. The molecule has 0 spiro atoms. The number of halogens is 3. The van der Waals surface area contributed by atoms with Gasteiger partial charge in [0.05, 0.1) is 6.54 Å². The van der Waals surface area contributed by atoms with Crippen LogP contribution in [0, 0.1) is 0 Å². The van der Waals surface area contributed by atoms with Gasteiger partial charge >= 0.3 is 6.18 Å². The van der Waals surface area contributed by atoms with Crippen LogP contribution in [0.4, 0.5) is 13.2 Å². The lowest BCUT2D eigenvalue weighted by atomic mass is 10.1. The van der Waals surface area contributed by atoms with Gasteiger partial charge in [-0.3, -0.25) is 9.59 Å². The second-order valence-electron chi connectivity index (χ2n) is 7.78. The van der Waals surface area contributed by atoms with Crippen LogP contribution >= 0.6 is 0 Å². The van der Waals surface area contributed by atoms with Gasteiger partial charge in [0.25, 0.3) is 0 Å². The Morgan fingerprint density at radius 3 is 2.81 bits per heavy atom. The van der Waals surface area contributed by atoms with Gasteiger partial charge in [-0.2, -0.15) is 13.2 Å². The van der Waals surface area contributed by atoms with E-state index in [1.54, 1.807) is 4.90 Å². The molecular weight excluding hydrogens is 413 g/mol. The highest BCUT2D eigenvalue weighted by Gasteiger charge is 2.42. The van der Waals surface area contributed by atoms with Crippen LogP contribution in [-0.4, -0.2) is 53.9 Å². The minimum atomic E-state index is -4.59. The first-order chi connectivity index (χ1) is 14.8. The summed E-state index contributed by atoms with van der Waals surface area (Å²) in [5, 5.41) is 7.86. The zero-order valence-electron chi connectivity index (χ0n) is 16.4. The quantitative estimate of drug-likeness (QED) is 0.688. The predicted molar refractivity (Wildman–Crippen MR) is 102 cm³/mol. The number of likely N-dealkylation sites (tertiary alicyclic amines) is 1. The summed E-state index contributed by atoms with van der Waals surface area (Å²) in [4.78, 5) is 31.9.